The molecule has 0 N–H and O–H groups in total. The molecule has 0 aliphatic rings. The Morgan fingerprint density at radius 1 is 1.12 bits per heavy atom. The number of benzene rings is 1. The number of aromatic nitrogens is 1. The van der Waals surface area contributed by atoms with Crippen LogP contribution in [-0.4, -0.2) is 11.5 Å². The summed E-state index contributed by atoms with van der Waals surface area (Å²) in [6.45, 7) is 5.12. The minimum atomic E-state index is 0.862. The van der Waals surface area contributed by atoms with Crippen molar-refractivity contribution < 1.29 is 0 Å². The third kappa shape index (κ3) is 2.86. The molecule has 0 aliphatic carbocycles. The van der Waals surface area contributed by atoms with Crippen LogP contribution >= 0.6 is 15.9 Å². The third-order valence-electron chi connectivity index (χ3n) is 2.64. The second-order valence-corrected chi connectivity index (χ2v) is 4.71. The molecule has 1 aromatic heterocycles. The van der Waals surface area contributed by atoms with Gasteiger partial charge in [0.1, 0.15) is 10.4 Å². The summed E-state index contributed by atoms with van der Waals surface area (Å²) < 4.78 is 0.862. The molecule has 0 bridgehead atoms. The van der Waals surface area contributed by atoms with Crippen LogP contribution < -0.4 is 4.90 Å². The highest BCUT2D eigenvalue weighted by molar-refractivity contribution is 9.10. The molecule has 0 saturated carbocycles. The number of anilines is 2. The lowest BCUT2D eigenvalue weighted by molar-refractivity contribution is 0.984. The second kappa shape index (κ2) is 5.32. The van der Waals surface area contributed by atoms with Gasteiger partial charge < -0.3 is 4.90 Å². The van der Waals surface area contributed by atoms with Crippen LogP contribution in [0.3, 0.4) is 0 Å². The van der Waals surface area contributed by atoms with Crippen molar-refractivity contribution in [2.75, 3.05) is 11.4 Å². The molecule has 2 nitrogen and oxygen atoms in total. The summed E-state index contributed by atoms with van der Waals surface area (Å²) in [7, 11) is 0. The largest absolute Gasteiger partial charge is 0.327 e. The van der Waals surface area contributed by atoms with Gasteiger partial charge in [-0.05, 0) is 54.0 Å². The Kier molecular flexibility index (Phi) is 3.79. The highest BCUT2D eigenvalue weighted by Gasteiger charge is 2.08. The monoisotopic (exact) mass is 290 g/mol. The molecule has 0 unspecified atom stereocenters. The number of pyridine rings is 1. The first-order chi connectivity index (χ1) is 8.20. The average Bonchev–Trinajstić information content (AvgIpc) is 2.33. The van der Waals surface area contributed by atoms with Gasteiger partial charge in [0.15, 0.2) is 0 Å². The van der Waals surface area contributed by atoms with Crippen LogP contribution in [0.4, 0.5) is 11.5 Å². The molecule has 0 radical (unpaired) electrons. The molecule has 3 heteroatoms. The first kappa shape index (κ1) is 12.1. The molecule has 0 spiro atoms. The van der Waals surface area contributed by atoms with Crippen LogP contribution in [0.5, 0.6) is 0 Å². The summed E-state index contributed by atoms with van der Waals surface area (Å²) in [4.78, 5) is 6.67. The standard InChI is InChI=1S/C14H15BrN2/c1-3-17(12-9-7-11(2)8-10-12)14-6-4-5-13(15)16-14/h4-10H,3H2,1-2H3. The number of aryl methyl sites for hydroxylation is 1. The van der Waals surface area contributed by atoms with E-state index in [2.05, 4.69) is 63.9 Å². The highest BCUT2D eigenvalue weighted by atomic mass is 79.9. The molecule has 0 atom stereocenters. The molecule has 0 fully saturated rings. The zero-order valence-corrected chi connectivity index (χ0v) is 11.6. The van der Waals surface area contributed by atoms with E-state index in [1.807, 2.05) is 18.2 Å². The van der Waals surface area contributed by atoms with E-state index in [1.165, 1.54) is 11.3 Å². The zero-order valence-electron chi connectivity index (χ0n) is 10.0. The molecule has 2 aromatic rings. The predicted octanol–water partition coefficient (Wildman–Crippen LogP) is 4.31. The molecule has 88 valence electrons. The Balaban J connectivity index is 2.36. The molecule has 0 saturated heterocycles. The quantitative estimate of drug-likeness (QED) is 0.783. The van der Waals surface area contributed by atoms with E-state index >= 15 is 0 Å². The lowest BCUT2D eigenvalue weighted by Crippen LogP contribution is -2.17. The minimum absolute atomic E-state index is 0.862. The molecule has 0 aliphatic heterocycles. The Morgan fingerprint density at radius 3 is 2.41 bits per heavy atom. The van der Waals surface area contributed by atoms with Crippen molar-refractivity contribution in [2.24, 2.45) is 0 Å². The van der Waals surface area contributed by atoms with Gasteiger partial charge in [-0.1, -0.05) is 23.8 Å². The van der Waals surface area contributed by atoms with Gasteiger partial charge in [-0.3, -0.25) is 0 Å². The Morgan fingerprint density at radius 2 is 1.82 bits per heavy atom. The fourth-order valence-corrected chi connectivity index (χ4v) is 2.08. The first-order valence-corrected chi connectivity index (χ1v) is 6.47. The smallest absolute Gasteiger partial charge is 0.134 e. The number of rotatable bonds is 3. The summed E-state index contributed by atoms with van der Waals surface area (Å²) in [5.74, 6) is 0.964. The van der Waals surface area contributed by atoms with Gasteiger partial charge in [0, 0.05) is 12.2 Å². The topological polar surface area (TPSA) is 16.1 Å². The van der Waals surface area contributed by atoms with Crippen LogP contribution in [-0.2, 0) is 0 Å². The van der Waals surface area contributed by atoms with Crippen LogP contribution in [0.1, 0.15) is 12.5 Å². The van der Waals surface area contributed by atoms with Crippen molar-refractivity contribution in [1.29, 1.82) is 0 Å². The third-order valence-corrected chi connectivity index (χ3v) is 3.08. The number of nitrogens with zero attached hydrogens (tertiary/aromatic N) is 2. The Bertz CT molecular complexity index is 494. The van der Waals surface area contributed by atoms with Crippen molar-refractivity contribution in [3.8, 4) is 0 Å². The molecule has 0 amide bonds. The van der Waals surface area contributed by atoms with Crippen LogP contribution in [0, 0.1) is 6.92 Å². The minimum Gasteiger partial charge on any atom is -0.327 e. The normalized spacial score (nSPS) is 10.3. The highest BCUT2D eigenvalue weighted by Crippen LogP contribution is 2.24. The summed E-state index contributed by atoms with van der Waals surface area (Å²) in [5.41, 5.74) is 2.44. The van der Waals surface area contributed by atoms with Gasteiger partial charge in [-0.15, -0.1) is 0 Å². The molecule has 17 heavy (non-hydrogen) atoms. The first-order valence-electron chi connectivity index (χ1n) is 5.67. The predicted molar refractivity (Wildman–Crippen MR) is 75.8 cm³/mol. The zero-order chi connectivity index (χ0) is 12.3. The van der Waals surface area contributed by atoms with Gasteiger partial charge in [-0.25, -0.2) is 4.98 Å². The fraction of sp³-hybridized carbons (Fsp3) is 0.214. The maximum Gasteiger partial charge on any atom is 0.134 e. The molecule has 1 heterocycles. The summed E-state index contributed by atoms with van der Waals surface area (Å²) >= 11 is 3.41. The van der Waals surface area contributed by atoms with Gasteiger partial charge in [0.25, 0.3) is 0 Å². The van der Waals surface area contributed by atoms with Gasteiger partial charge in [0.2, 0.25) is 0 Å². The SMILES string of the molecule is CCN(c1ccc(C)cc1)c1cccc(Br)n1. The number of hydrogen-bond donors (Lipinski definition) is 0. The number of hydrogen-bond acceptors (Lipinski definition) is 2. The summed E-state index contributed by atoms with van der Waals surface area (Å²) in [5, 5.41) is 0. The van der Waals surface area contributed by atoms with Crippen LogP contribution in [0.25, 0.3) is 0 Å². The Hall–Kier alpha value is -1.35. The van der Waals surface area contributed by atoms with Crippen molar-refractivity contribution >= 4 is 27.4 Å². The van der Waals surface area contributed by atoms with E-state index in [-0.39, 0.29) is 0 Å². The van der Waals surface area contributed by atoms with Gasteiger partial charge in [-0.2, -0.15) is 0 Å². The van der Waals surface area contributed by atoms with Gasteiger partial charge in [0.05, 0.1) is 0 Å². The summed E-state index contributed by atoms with van der Waals surface area (Å²) in [6.07, 6.45) is 0. The van der Waals surface area contributed by atoms with E-state index < -0.39 is 0 Å². The fourth-order valence-electron chi connectivity index (χ4n) is 1.75. The maximum atomic E-state index is 4.49. The lowest BCUT2D eigenvalue weighted by atomic mass is 10.2. The van der Waals surface area contributed by atoms with E-state index in [0.717, 1.165) is 17.0 Å². The lowest BCUT2D eigenvalue weighted by Gasteiger charge is -2.22. The average molecular weight is 291 g/mol. The van der Waals surface area contributed by atoms with Crippen LogP contribution in [0.2, 0.25) is 0 Å². The van der Waals surface area contributed by atoms with Crippen LogP contribution in [0.15, 0.2) is 47.1 Å². The maximum absolute atomic E-state index is 4.49. The second-order valence-electron chi connectivity index (χ2n) is 3.90. The van der Waals surface area contributed by atoms with Gasteiger partial charge >= 0.3 is 0 Å². The van der Waals surface area contributed by atoms with Crippen molar-refractivity contribution in [1.82, 2.24) is 4.98 Å². The number of halogens is 1. The van der Waals surface area contributed by atoms with E-state index in [4.69, 9.17) is 0 Å². The van der Waals surface area contributed by atoms with Crippen molar-refractivity contribution in [3.05, 3.63) is 52.6 Å². The molecule has 1 aromatic carbocycles. The molecular formula is C14H15BrN2. The van der Waals surface area contributed by atoms with Crippen molar-refractivity contribution in [3.63, 3.8) is 0 Å². The van der Waals surface area contributed by atoms with E-state index in [0.29, 0.717) is 0 Å². The van der Waals surface area contributed by atoms with E-state index in [1.54, 1.807) is 0 Å². The van der Waals surface area contributed by atoms with Crippen molar-refractivity contribution in [2.45, 2.75) is 13.8 Å². The molecular weight excluding hydrogens is 276 g/mol. The van der Waals surface area contributed by atoms with E-state index in [9.17, 15) is 0 Å². The summed E-state index contributed by atoms with van der Waals surface area (Å²) in [6, 6.07) is 14.5. The molecule has 2 rings (SSSR count). The Labute approximate surface area is 110 Å².